The van der Waals surface area contributed by atoms with Crippen LogP contribution in [0, 0.1) is 5.82 Å². The molecule has 0 saturated heterocycles. The highest BCUT2D eigenvalue weighted by Gasteiger charge is 2.25. The van der Waals surface area contributed by atoms with Crippen molar-refractivity contribution in [1.82, 2.24) is 0 Å². The van der Waals surface area contributed by atoms with Crippen molar-refractivity contribution in [2.45, 2.75) is 0 Å². The lowest BCUT2D eigenvalue weighted by Crippen LogP contribution is -2.13. The lowest BCUT2D eigenvalue weighted by atomic mass is 10.1. The van der Waals surface area contributed by atoms with Crippen molar-refractivity contribution < 1.29 is 9.18 Å². The zero-order valence-corrected chi connectivity index (χ0v) is 11.4. The van der Waals surface area contributed by atoms with E-state index in [1.807, 2.05) is 12.1 Å². The fourth-order valence-corrected chi connectivity index (χ4v) is 2.17. The van der Waals surface area contributed by atoms with E-state index in [9.17, 15) is 9.18 Å². The number of hydrogen-bond acceptors (Lipinski definition) is 3. The molecule has 2 aromatic carbocycles. The average molecular weight is 302 g/mol. The molecule has 21 heavy (non-hydrogen) atoms. The summed E-state index contributed by atoms with van der Waals surface area (Å²) in [7, 11) is 0. The molecule has 1 aliphatic rings. The summed E-state index contributed by atoms with van der Waals surface area (Å²) in [4.78, 5) is 11.8. The molecule has 1 N–H and O–H groups in total. The molecule has 104 valence electrons. The van der Waals surface area contributed by atoms with Gasteiger partial charge in [-0.2, -0.15) is 5.10 Å². The van der Waals surface area contributed by atoms with E-state index in [0.29, 0.717) is 16.8 Å². The van der Waals surface area contributed by atoms with E-state index in [1.54, 1.807) is 12.1 Å². The lowest BCUT2D eigenvalue weighted by molar-refractivity contribution is -0.110. The molecule has 3 rings (SSSR count). The Morgan fingerprint density at radius 1 is 1.19 bits per heavy atom. The third-order valence-electron chi connectivity index (χ3n) is 2.96. The van der Waals surface area contributed by atoms with Gasteiger partial charge in [0.25, 0.3) is 5.91 Å². The zero-order chi connectivity index (χ0) is 14.8. The standard InChI is InChI=1S/C15H9ClFN3O/c16-12-7-10(17)6-5-9(12)8-18-20-14-11-3-1-2-4-13(11)19-15(14)21/h1-8H,(H,19,20,21)/b18-8+. The van der Waals surface area contributed by atoms with Gasteiger partial charge in [0, 0.05) is 11.1 Å². The van der Waals surface area contributed by atoms with Gasteiger partial charge in [0.15, 0.2) is 5.71 Å². The number of amides is 1. The molecule has 4 nitrogen and oxygen atoms in total. The second kappa shape index (κ2) is 5.46. The number of hydrogen-bond donors (Lipinski definition) is 1. The SMILES string of the molecule is O=C1Nc2ccccc2/C1=N/N=C/c1ccc(F)cc1Cl. The molecule has 0 bridgehead atoms. The summed E-state index contributed by atoms with van der Waals surface area (Å²) in [6.45, 7) is 0. The maximum Gasteiger partial charge on any atom is 0.276 e. The predicted molar refractivity (Wildman–Crippen MR) is 80.6 cm³/mol. The van der Waals surface area contributed by atoms with E-state index in [0.717, 1.165) is 0 Å². The van der Waals surface area contributed by atoms with Crippen LogP contribution in [-0.2, 0) is 4.79 Å². The molecule has 0 saturated carbocycles. The maximum atomic E-state index is 12.9. The van der Waals surface area contributed by atoms with Gasteiger partial charge in [-0.05, 0) is 24.3 Å². The van der Waals surface area contributed by atoms with E-state index in [2.05, 4.69) is 15.5 Å². The van der Waals surface area contributed by atoms with Crippen molar-refractivity contribution in [3.63, 3.8) is 0 Å². The van der Waals surface area contributed by atoms with E-state index in [1.165, 1.54) is 24.4 Å². The summed E-state index contributed by atoms with van der Waals surface area (Å²) in [6, 6.07) is 11.2. The number of benzene rings is 2. The number of carbonyl (C=O) groups is 1. The van der Waals surface area contributed by atoms with Crippen LogP contribution in [0.2, 0.25) is 5.02 Å². The van der Waals surface area contributed by atoms with Crippen LogP contribution < -0.4 is 5.32 Å². The van der Waals surface area contributed by atoms with Crippen molar-refractivity contribution in [1.29, 1.82) is 0 Å². The van der Waals surface area contributed by atoms with E-state index < -0.39 is 5.82 Å². The molecule has 0 fully saturated rings. The van der Waals surface area contributed by atoms with Crippen LogP contribution in [0.5, 0.6) is 0 Å². The minimum absolute atomic E-state index is 0.232. The van der Waals surface area contributed by atoms with Gasteiger partial charge in [0.2, 0.25) is 0 Å². The summed E-state index contributed by atoms with van der Waals surface area (Å²) in [6.07, 6.45) is 1.38. The van der Waals surface area contributed by atoms with E-state index in [4.69, 9.17) is 11.6 Å². The summed E-state index contributed by atoms with van der Waals surface area (Å²) in [5.41, 5.74) is 2.16. The molecule has 0 atom stereocenters. The number of carbonyl (C=O) groups excluding carboxylic acids is 1. The summed E-state index contributed by atoms with van der Waals surface area (Å²) >= 11 is 5.88. The Morgan fingerprint density at radius 3 is 2.81 bits per heavy atom. The van der Waals surface area contributed by atoms with Gasteiger partial charge in [-0.25, -0.2) is 4.39 Å². The van der Waals surface area contributed by atoms with Crippen molar-refractivity contribution in [3.05, 3.63) is 64.4 Å². The van der Waals surface area contributed by atoms with Crippen LogP contribution in [-0.4, -0.2) is 17.8 Å². The monoisotopic (exact) mass is 301 g/mol. The Balaban J connectivity index is 1.89. The number of nitrogens with zero attached hydrogens (tertiary/aromatic N) is 2. The Bertz CT molecular complexity index is 786. The molecular weight excluding hydrogens is 293 g/mol. The molecule has 0 radical (unpaired) electrons. The van der Waals surface area contributed by atoms with Crippen LogP contribution in [0.3, 0.4) is 0 Å². The van der Waals surface area contributed by atoms with Gasteiger partial charge in [-0.1, -0.05) is 29.8 Å². The van der Waals surface area contributed by atoms with E-state index in [-0.39, 0.29) is 16.6 Å². The summed E-state index contributed by atoms with van der Waals surface area (Å²) in [5, 5.41) is 10.7. The maximum absolute atomic E-state index is 12.9. The molecule has 2 aromatic rings. The highest BCUT2D eigenvalue weighted by atomic mass is 35.5. The number of anilines is 1. The number of fused-ring (bicyclic) bond motifs is 1. The zero-order valence-electron chi connectivity index (χ0n) is 10.7. The number of rotatable bonds is 2. The Hall–Kier alpha value is -2.53. The summed E-state index contributed by atoms with van der Waals surface area (Å²) in [5.74, 6) is -0.730. The van der Waals surface area contributed by atoms with Crippen LogP contribution in [0.15, 0.2) is 52.7 Å². The number of halogens is 2. The minimum Gasteiger partial charge on any atom is -0.320 e. The van der Waals surface area contributed by atoms with Crippen molar-refractivity contribution >= 4 is 35.1 Å². The lowest BCUT2D eigenvalue weighted by Gasteiger charge is -1.96. The van der Waals surface area contributed by atoms with Gasteiger partial charge in [0.05, 0.1) is 16.9 Å². The minimum atomic E-state index is -0.424. The molecule has 0 spiro atoms. The third-order valence-corrected chi connectivity index (χ3v) is 3.29. The van der Waals surface area contributed by atoms with Crippen LogP contribution in [0.4, 0.5) is 10.1 Å². The van der Waals surface area contributed by atoms with Gasteiger partial charge < -0.3 is 5.32 Å². The predicted octanol–water partition coefficient (Wildman–Crippen LogP) is 3.25. The first-order valence-corrected chi connectivity index (χ1v) is 6.50. The molecule has 1 aliphatic heterocycles. The molecule has 1 amide bonds. The van der Waals surface area contributed by atoms with Gasteiger partial charge in [-0.15, -0.1) is 5.10 Å². The average Bonchev–Trinajstić information content (AvgIpc) is 2.77. The van der Waals surface area contributed by atoms with Crippen LogP contribution in [0.25, 0.3) is 0 Å². The first-order chi connectivity index (χ1) is 10.1. The van der Waals surface area contributed by atoms with E-state index >= 15 is 0 Å². The second-order valence-corrected chi connectivity index (χ2v) is 4.77. The summed E-state index contributed by atoms with van der Waals surface area (Å²) < 4.78 is 12.9. The third kappa shape index (κ3) is 2.68. The molecule has 6 heteroatoms. The molecule has 0 unspecified atom stereocenters. The molecule has 0 aromatic heterocycles. The first kappa shape index (κ1) is 13.5. The topological polar surface area (TPSA) is 53.8 Å². The fraction of sp³-hybridized carbons (Fsp3) is 0. The Labute approximate surface area is 125 Å². The number of nitrogens with one attached hydrogen (secondary N) is 1. The van der Waals surface area contributed by atoms with Crippen LogP contribution in [0.1, 0.15) is 11.1 Å². The van der Waals surface area contributed by atoms with Crippen molar-refractivity contribution in [2.75, 3.05) is 5.32 Å². The fourth-order valence-electron chi connectivity index (χ4n) is 1.96. The molecular formula is C15H9ClFN3O. The first-order valence-electron chi connectivity index (χ1n) is 6.12. The smallest absolute Gasteiger partial charge is 0.276 e. The highest BCUT2D eigenvalue weighted by molar-refractivity contribution is 6.53. The van der Waals surface area contributed by atoms with Crippen LogP contribution >= 0.6 is 11.6 Å². The Kier molecular flexibility index (Phi) is 3.50. The number of para-hydroxylation sites is 1. The Morgan fingerprint density at radius 2 is 2.00 bits per heavy atom. The highest BCUT2D eigenvalue weighted by Crippen LogP contribution is 2.22. The van der Waals surface area contributed by atoms with Gasteiger partial charge in [0.1, 0.15) is 5.82 Å². The molecule has 0 aliphatic carbocycles. The largest absolute Gasteiger partial charge is 0.320 e. The van der Waals surface area contributed by atoms with Crippen molar-refractivity contribution in [2.24, 2.45) is 10.2 Å². The van der Waals surface area contributed by atoms with Crippen molar-refractivity contribution in [3.8, 4) is 0 Å². The molecule has 1 heterocycles. The quantitative estimate of drug-likeness (QED) is 0.672. The normalized spacial score (nSPS) is 15.5. The second-order valence-electron chi connectivity index (χ2n) is 4.36. The van der Waals surface area contributed by atoms with Gasteiger partial charge in [-0.3, -0.25) is 4.79 Å². The van der Waals surface area contributed by atoms with Gasteiger partial charge >= 0.3 is 0 Å².